The van der Waals surface area contributed by atoms with Crippen LogP contribution in [0.4, 0.5) is 5.69 Å². The second kappa shape index (κ2) is 7.88. The van der Waals surface area contributed by atoms with Crippen molar-refractivity contribution < 1.29 is 4.92 Å². The molecule has 0 saturated carbocycles. The number of nitrogens with one attached hydrogen (secondary N) is 2. The molecular formula is C19H15N3O4S. The zero-order valence-corrected chi connectivity index (χ0v) is 15.1. The minimum absolute atomic E-state index is 0.146. The smallest absolute Gasteiger partial charge is 0.301 e. The molecule has 27 heavy (non-hydrogen) atoms. The molecule has 0 bridgehead atoms. The third-order valence-corrected chi connectivity index (χ3v) is 4.72. The average molecular weight is 381 g/mol. The first-order valence-electron chi connectivity index (χ1n) is 7.96. The van der Waals surface area contributed by atoms with Crippen LogP contribution in [0.2, 0.25) is 0 Å². The van der Waals surface area contributed by atoms with Crippen molar-refractivity contribution in [2.45, 2.75) is 16.7 Å². The summed E-state index contributed by atoms with van der Waals surface area (Å²) in [6.07, 6.45) is 2.94. The lowest BCUT2D eigenvalue weighted by Crippen LogP contribution is -2.25. The van der Waals surface area contributed by atoms with E-state index in [1.54, 1.807) is 17.8 Å². The lowest BCUT2D eigenvalue weighted by molar-refractivity contribution is -0.386. The number of benzene rings is 2. The molecule has 136 valence electrons. The number of hydrogen-bond acceptors (Lipinski definition) is 5. The number of nitro groups is 1. The van der Waals surface area contributed by atoms with Crippen LogP contribution in [-0.2, 0) is 0 Å². The molecule has 3 rings (SSSR count). The number of aromatic nitrogens is 2. The molecule has 0 aliphatic carbocycles. The van der Waals surface area contributed by atoms with Crippen molar-refractivity contribution >= 4 is 29.6 Å². The summed E-state index contributed by atoms with van der Waals surface area (Å²) in [6, 6.07) is 15.8. The summed E-state index contributed by atoms with van der Waals surface area (Å²) in [5.41, 5.74) is -0.696. The number of aryl methyl sites for hydroxylation is 1. The van der Waals surface area contributed by atoms with Gasteiger partial charge in [-0.3, -0.25) is 19.9 Å². The second-order valence-electron chi connectivity index (χ2n) is 5.75. The van der Waals surface area contributed by atoms with Crippen LogP contribution in [0, 0.1) is 17.0 Å². The Labute approximate surface area is 157 Å². The van der Waals surface area contributed by atoms with E-state index in [1.165, 1.54) is 11.6 Å². The molecule has 0 amide bonds. The maximum atomic E-state index is 11.6. The predicted molar refractivity (Wildman–Crippen MR) is 105 cm³/mol. The van der Waals surface area contributed by atoms with E-state index in [-0.39, 0.29) is 5.69 Å². The van der Waals surface area contributed by atoms with E-state index in [0.717, 1.165) is 15.4 Å². The zero-order valence-electron chi connectivity index (χ0n) is 14.3. The highest BCUT2D eigenvalue weighted by atomic mass is 32.2. The molecule has 1 aromatic heterocycles. The number of H-pyrrole nitrogens is 2. The molecule has 0 atom stereocenters. The van der Waals surface area contributed by atoms with E-state index in [1.807, 2.05) is 36.2 Å². The van der Waals surface area contributed by atoms with Crippen molar-refractivity contribution in [2.24, 2.45) is 0 Å². The van der Waals surface area contributed by atoms with Crippen LogP contribution >= 0.6 is 11.8 Å². The Morgan fingerprint density at radius 1 is 0.926 bits per heavy atom. The number of hydrogen-bond donors (Lipinski definition) is 2. The molecule has 0 fully saturated rings. The SMILES string of the molecule is Cc1ccc(Sc2ccc(/C=C/c3[nH]c(=O)[nH]c(=O)c3[N+](=O)[O-])cc2)cc1. The Balaban J connectivity index is 1.81. The normalized spacial score (nSPS) is 11.0. The Morgan fingerprint density at radius 2 is 1.52 bits per heavy atom. The van der Waals surface area contributed by atoms with Crippen molar-refractivity contribution in [2.75, 3.05) is 0 Å². The molecule has 0 radical (unpaired) electrons. The van der Waals surface area contributed by atoms with Crippen LogP contribution in [0.3, 0.4) is 0 Å². The van der Waals surface area contributed by atoms with Gasteiger partial charge < -0.3 is 4.98 Å². The van der Waals surface area contributed by atoms with Gasteiger partial charge in [0.25, 0.3) is 0 Å². The third-order valence-electron chi connectivity index (χ3n) is 3.71. The highest BCUT2D eigenvalue weighted by molar-refractivity contribution is 7.99. The van der Waals surface area contributed by atoms with Crippen molar-refractivity contribution in [1.82, 2.24) is 9.97 Å². The van der Waals surface area contributed by atoms with Crippen molar-refractivity contribution in [3.8, 4) is 0 Å². The predicted octanol–water partition coefficient (Wildman–Crippen LogP) is 3.60. The van der Waals surface area contributed by atoms with Gasteiger partial charge in [-0.05, 0) is 42.8 Å². The van der Waals surface area contributed by atoms with Crippen LogP contribution in [0.1, 0.15) is 16.8 Å². The fourth-order valence-electron chi connectivity index (χ4n) is 2.37. The van der Waals surface area contributed by atoms with Crippen molar-refractivity contribution in [1.29, 1.82) is 0 Å². The maximum Gasteiger partial charge on any atom is 0.357 e. The fraction of sp³-hybridized carbons (Fsp3) is 0.0526. The minimum Gasteiger partial charge on any atom is -0.301 e. The molecule has 0 unspecified atom stereocenters. The summed E-state index contributed by atoms with van der Waals surface area (Å²) in [6.45, 7) is 2.04. The monoisotopic (exact) mass is 381 g/mol. The molecule has 2 aromatic carbocycles. The van der Waals surface area contributed by atoms with Gasteiger partial charge in [-0.15, -0.1) is 0 Å². The van der Waals surface area contributed by atoms with Gasteiger partial charge in [0.15, 0.2) is 0 Å². The minimum atomic E-state index is -1.03. The van der Waals surface area contributed by atoms with Crippen LogP contribution in [-0.4, -0.2) is 14.9 Å². The van der Waals surface area contributed by atoms with Gasteiger partial charge in [0, 0.05) is 9.79 Å². The molecule has 7 nitrogen and oxygen atoms in total. The van der Waals surface area contributed by atoms with Gasteiger partial charge in [-0.25, -0.2) is 4.79 Å². The summed E-state index contributed by atoms with van der Waals surface area (Å²) in [7, 11) is 0. The van der Waals surface area contributed by atoms with Gasteiger partial charge in [0.1, 0.15) is 5.69 Å². The third kappa shape index (κ3) is 4.62. The Morgan fingerprint density at radius 3 is 2.11 bits per heavy atom. The topological polar surface area (TPSA) is 109 Å². The molecule has 0 aliphatic rings. The van der Waals surface area contributed by atoms with Crippen molar-refractivity contribution in [3.63, 3.8) is 0 Å². The highest BCUT2D eigenvalue weighted by Crippen LogP contribution is 2.28. The van der Waals surface area contributed by atoms with Gasteiger partial charge in [0.05, 0.1) is 4.92 Å². The first kappa shape index (κ1) is 18.4. The molecule has 1 heterocycles. The van der Waals surface area contributed by atoms with Crippen LogP contribution in [0.25, 0.3) is 12.2 Å². The Hall–Kier alpha value is -3.39. The highest BCUT2D eigenvalue weighted by Gasteiger charge is 2.18. The summed E-state index contributed by atoms with van der Waals surface area (Å²) < 4.78 is 0. The summed E-state index contributed by atoms with van der Waals surface area (Å²) in [5.74, 6) is 0. The largest absolute Gasteiger partial charge is 0.357 e. The summed E-state index contributed by atoms with van der Waals surface area (Å²) in [5, 5.41) is 11.0. The van der Waals surface area contributed by atoms with Crippen LogP contribution in [0.15, 0.2) is 67.9 Å². The Bertz CT molecular complexity index is 1110. The molecular weight excluding hydrogens is 366 g/mol. The van der Waals surface area contributed by atoms with E-state index < -0.39 is 21.9 Å². The first-order chi connectivity index (χ1) is 12.9. The summed E-state index contributed by atoms with van der Waals surface area (Å²) in [4.78, 5) is 39.5. The molecule has 0 saturated heterocycles. The van der Waals surface area contributed by atoms with Crippen molar-refractivity contribution in [3.05, 3.63) is 96.3 Å². The molecule has 3 aromatic rings. The number of nitrogens with zero attached hydrogens (tertiary/aromatic N) is 1. The van der Waals surface area contributed by atoms with Gasteiger partial charge in [-0.1, -0.05) is 47.7 Å². The molecule has 0 spiro atoms. The Kier molecular flexibility index (Phi) is 5.37. The fourth-order valence-corrected chi connectivity index (χ4v) is 3.18. The summed E-state index contributed by atoms with van der Waals surface area (Å²) >= 11 is 1.62. The molecule has 8 heteroatoms. The van der Waals surface area contributed by atoms with E-state index in [2.05, 4.69) is 29.2 Å². The van der Waals surface area contributed by atoms with Crippen LogP contribution < -0.4 is 11.2 Å². The lowest BCUT2D eigenvalue weighted by Gasteiger charge is -2.03. The van der Waals surface area contributed by atoms with Gasteiger partial charge >= 0.3 is 16.9 Å². The van der Waals surface area contributed by atoms with Gasteiger partial charge in [0.2, 0.25) is 0 Å². The second-order valence-corrected chi connectivity index (χ2v) is 6.89. The lowest BCUT2D eigenvalue weighted by atomic mass is 10.2. The quantitative estimate of drug-likeness (QED) is 0.518. The van der Waals surface area contributed by atoms with E-state index in [9.17, 15) is 19.7 Å². The van der Waals surface area contributed by atoms with E-state index in [4.69, 9.17) is 0 Å². The van der Waals surface area contributed by atoms with E-state index in [0.29, 0.717) is 0 Å². The maximum absolute atomic E-state index is 11.6. The van der Waals surface area contributed by atoms with E-state index >= 15 is 0 Å². The zero-order chi connectivity index (χ0) is 19.4. The number of aromatic amines is 2. The number of rotatable bonds is 5. The first-order valence-corrected chi connectivity index (χ1v) is 8.78. The molecule has 2 N–H and O–H groups in total. The molecule has 0 aliphatic heterocycles. The van der Waals surface area contributed by atoms with Gasteiger partial charge in [-0.2, -0.15) is 0 Å². The standard InChI is InChI=1S/C19H15N3O4S/c1-12-2-7-14(8-3-12)27-15-9-4-13(5-10-15)6-11-16-17(22(25)26)18(23)21-19(24)20-16/h2-11H,1H3,(H2,20,21,23,24)/b11-6+. The van der Waals surface area contributed by atoms with Crippen LogP contribution in [0.5, 0.6) is 0 Å². The average Bonchev–Trinajstić information content (AvgIpc) is 2.62.